The lowest BCUT2D eigenvalue weighted by atomic mass is 9.95. The Balaban J connectivity index is 2.30. The van der Waals surface area contributed by atoms with E-state index in [1.807, 2.05) is 43.3 Å². The number of esters is 1. The molecule has 0 unspecified atom stereocenters. The molecule has 0 spiro atoms. The van der Waals surface area contributed by atoms with Crippen LogP contribution >= 0.6 is 11.6 Å². The van der Waals surface area contributed by atoms with E-state index in [1.165, 1.54) is 0 Å². The Morgan fingerprint density at radius 1 is 1.06 bits per heavy atom. The van der Waals surface area contributed by atoms with Gasteiger partial charge in [0.1, 0.15) is 6.61 Å². The second-order valence-electron chi connectivity index (χ2n) is 4.43. The van der Waals surface area contributed by atoms with Crippen molar-refractivity contribution in [1.29, 1.82) is 0 Å². The van der Waals surface area contributed by atoms with Gasteiger partial charge in [0.15, 0.2) is 0 Å². The Kier molecular flexibility index (Phi) is 2.60. The van der Waals surface area contributed by atoms with Gasteiger partial charge in [-0.05, 0) is 41.8 Å². The molecule has 18 heavy (non-hydrogen) atoms. The predicted molar refractivity (Wildman–Crippen MR) is 70.7 cm³/mol. The summed E-state index contributed by atoms with van der Waals surface area (Å²) >= 11 is 5.98. The monoisotopic (exact) mass is 258 g/mol. The number of carbonyl (C=O) groups is 1. The van der Waals surface area contributed by atoms with Gasteiger partial charge in [0.25, 0.3) is 0 Å². The Morgan fingerprint density at radius 2 is 1.83 bits per heavy atom. The topological polar surface area (TPSA) is 26.3 Å². The average molecular weight is 259 g/mol. The maximum Gasteiger partial charge on any atom is 0.339 e. The van der Waals surface area contributed by atoms with Crippen molar-refractivity contribution in [3.05, 3.63) is 58.1 Å². The summed E-state index contributed by atoms with van der Waals surface area (Å²) in [5.41, 5.74) is 4.53. The van der Waals surface area contributed by atoms with Crippen LogP contribution in [0.4, 0.5) is 0 Å². The van der Waals surface area contributed by atoms with Gasteiger partial charge in [-0.25, -0.2) is 4.79 Å². The lowest BCUT2D eigenvalue weighted by Gasteiger charge is -2.07. The van der Waals surface area contributed by atoms with Gasteiger partial charge < -0.3 is 4.74 Å². The van der Waals surface area contributed by atoms with Gasteiger partial charge in [-0.3, -0.25) is 0 Å². The lowest BCUT2D eigenvalue weighted by Crippen LogP contribution is -2.03. The molecule has 3 heteroatoms. The van der Waals surface area contributed by atoms with Gasteiger partial charge in [0, 0.05) is 5.02 Å². The second-order valence-corrected chi connectivity index (χ2v) is 4.86. The standard InChI is InChI=1S/C15H11ClO2/c1-9-2-4-13-12-5-3-11(16)7-10(12)8-18-15(17)14(13)6-9/h2-7H,8H2,1H3. The number of rotatable bonds is 0. The van der Waals surface area contributed by atoms with E-state index < -0.39 is 0 Å². The van der Waals surface area contributed by atoms with E-state index >= 15 is 0 Å². The number of aryl methyl sites for hydroxylation is 1. The van der Waals surface area contributed by atoms with Crippen LogP contribution in [-0.2, 0) is 11.3 Å². The number of ether oxygens (including phenoxy) is 1. The molecule has 0 atom stereocenters. The van der Waals surface area contributed by atoms with Crippen LogP contribution in [0.1, 0.15) is 21.5 Å². The highest BCUT2D eigenvalue weighted by Gasteiger charge is 2.21. The molecule has 0 radical (unpaired) electrons. The van der Waals surface area contributed by atoms with Crippen LogP contribution in [0.25, 0.3) is 11.1 Å². The Morgan fingerprint density at radius 3 is 2.67 bits per heavy atom. The van der Waals surface area contributed by atoms with E-state index in [1.54, 1.807) is 0 Å². The smallest absolute Gasteiger partial charge is 0.339 e. The Labute approximate surface area is 110 Å². The fourth-order valence-corrected chi connectivity index (χ4v) is 2.42. The quantitative estimate of drug-likeness (QED) is 0.668. The molecule has 1 aliphatic heterocycles. The van der Waals surface area contributed by atoms with E-state index in [2.05, 4.69) is 0 Å². The molecule has 0 N–H and O–H groups in total. The summed E-state index contributed by atoms with van der Waals surface area (Å²) in [6, 6.07) is 11.4. The minimum absolute atomic E-state index is 0.266. The molecule has 0 saturated carbocycles. The third kappa shape index (κ3) is 1.79. The molecule has 0 aromatic heterocycles. The molecule has 0 saturated heterocycles. The second kappa shape index (κ2) is 4.14. The average Bonchev–Trinajstić information content (AvgIpc) is 2.48. The molecule has 1 aliphatic rings. The molecule has 0 bridgehead atoms. The van der Waals surface area contributed by atoms with Gasteiger partial charge in [-0.1, -0.05) is 35.4 Å². The molecule has 3 rings (SSSR count). The van der Waals surface area contributed by atoms with Gasteiger partial charge in [0.05, 0.1) is 5.56 Å². The molecule has 0 fully saturated rings. The van der Waals surface area contributed by atoms with Crippen molar-refractivity contribution in [1.82, 2.24) is 0 Å². The van der Waals surface area contributed by atoms with Crippen LogP contribution in [0.5, 0.6) is 0 Å². The molecule has 0 amide bonds. The molecular weight excluding hydrogens is 248 g/mol. The molecular formula is C15H11ClO2. The third-order valence-electron chi connectivity index (χ3n) is 3.11. The third-order valence-corrected chi connectivity index (χ3v) is 3.35. The summed E-state index contributed by atoms with van der Waals surface area (Å²) in [6.07, 6.45) is 0. The van der Waals surface area contributed by atoms with Crippen LogP contribution in [0.3, 0.4) is 0 Å². The van der Waals surface area contributed by atoms with Crippen molar-refractivity contribution < 1.29 is 9.53 Å². The largest absolute Gasteiger partial charge is 0.457 e. The first kappa shape index (κ1) is 11.3. The number of hydrogen-bond donors (Lipinski definition) is 0. The fraction of sp³-hybridized carbons (Fsp3) is 0.133. The highest BCUT2D eigenvalue weighted by molar-refractivity contribution is 6.30. The van der Waals surface area contributed by atoms with Gasteiger partial charge in [-0.2, -0.15) is 0 Å². The maximum absolute atomic E-state index is 12.0. The first-order valence-electron chi connectivity index (χ1n) is 5.72. The Bertz CT molecular complexity index is 647. The zero-order chi connectivity index (χ0) is 12.7. The number of carbonyl (C=O) groups excluding carboxylic acids is 1. The highest BCUT2D eigenvalue weighted by atomic mass is 35.5. The van der Waals surface area contributed by atoms with Crippen LogP contribution in [0, 0.1) is 6.92 Å². The van der Waals surface area contributed by atoms with Crippen molar-refractivity contribution in [2.45, 2.75) is 13.5 Å². The van der Waals surface area contributed by atoms with Crippen molar-refractivity contribution in [2.24, 2.45) is 0 Å². The zero-order valence-corrected chi connectivity index (χ0v) is 10.6. The number of halogens is 1. The van der Waals surface area contributed by atoms with Crippen LogP contribution in [-0.4, -0.2) is 5.97 Å². The fourth-order valence-electron chi connectivity index (χ4n) is 2.23. The molecule has 90 valence electrons. The van der Waals surface area contributed by atoms with Crippen molar-refractivity contribution in [3.8, 4) is 11.1 Å². The van der Waals surface area contributed by atoms with Crippen molar-refractivity contribution >= 4 is 17.6 Å². The lowest BCUT2D eigenvalue weighted by molar-refractivity contribution is 0.0479. The molecule has 2 nitrogen and oxygen atoms in total. The van der Waals surface area contributed by atoms with E-state index in [9.17, 15) is 4.79 Å². The summed E-state index contributed by atoms with van der Waals surface area (Å²) in [6.45, 7) is 2.23. The first-order valence-corrected chi connectivity index (χ1v) is 6.09. The molecule has 1 heterocycles. The Hall–Kier alpha value is -1.80. The van der Waals surface area contributed by atoms with E-state index in [4.69, 9.17) is 16.3 Å². The first-order chi connectivity index (χ1) is 8.65. The highest BCUT2D eigenvalue weighted by Crippen LogP contribution is 2.33. The maximum atomic E-state index is 12.0. The van der Waals surface area contributed by atoms with E-state index in [0.29, 0.717) is 10.6 Å². The van der Waals surface area contributed by atoms with Crippen LogP contribution in [0.15, 0.2) is 36.4 Å². The predicted octanol–water partition coefficient (Wildman–Crippen LogP) is 3.99. The number of benzene rings is 2. The van der Waals surface area contributed by atoms with Gasteiger partial charge >= 0.3 is 5.97 Å². The zero-order valence-electron chi connectivity index (χ0n) is 9.87. The summed E-state index contributed by atoms with van der Waals surface area (Å²) in [5, 5.41) is 0.653. The summed E-state index contributed by atoms with van der Waals surface area (Å²) in [4.78, 5) is 12.0. The minimum Gasteiger partial charge on any atom is -0.457 e. The number of fused-ring (bicyclic) bond motifs is 3. The van der Waals surface area contributed by atoms with Gasteiger partial charge in [-0.15, -0.1) is 0 Å². The molecule has 2 aromatic carbocycles. The summed E-state index contributed by atoms with van der Waals surface area (Å²) in [5.74, 6) is -0.277. The molecule has 0 aliphatic carbocycles. The van der Waals surface area contributed by atoms with Gasteiger partial charge in [0.2, 0.25) is 0 Å². The van der Waals surface area contributed by atoms with Crippen molar-refractivity contribution in [2.75, 3.05) is 0 Å². The summed E-state index contributed by atoms with van der Waals surface area (Å²) < 4.78 is 5.27. The van der Waals surface area contributed by atoms with E-state index in [0.717, 1.165) is 22.3 Å². The number of cyclic esters (lactones) is 1. The SMILES string of the molecule is Cc1ccc2c(c1)C(=O)OCc1cc(Cl)ccc1-2. The van der Waals surface area contributed by atoms with E-state index in [-0.39, 0.29) is 12.6 Å². The summed E-state index contributed by atoms with van der Waals surface area (Å²) in [7, 11) is 0. The van der Waals surface area contributed by atoms with Crippen LogP contribution in [0.2, 0.25) is 5.02 Å². The van der Waals surface area contributed by atoms with Crippen molar-refractivity contribution in [3.63, 3.8) is 0 Å². The van der Waals surface area contributed by atoms with Crippen LogP contribution < -0.4 is 0 Å². The number of hydrogen-bond acceptors (Lipinski definition) is 2. The molecule has 2 aromatic rings. The normalized spacial score (nSPS) is 13.3. The minimum atomic E-state index is -0.277.